The number of rotatable bonds is 2. The summed E-state index contributed by atoms with van der Waals surface area (Å²) in [5.41, 5.74) is 7.75. The summed E-state index contributed by atoms with van der Waals surface area (Å²) >= 11 is 0. The average molecular weight is 420 g/mol. The first-order valence-corrected chi connectivity index (χ1v) is 11.2. The van der Waals surface area contributed by atoms with Gasteiger partial charge in [-0.25, -0.2) is 4.79 Å². The fraction of sp³-hybridized carbons (Fsp3) is 0.462. The number of hydrogen-bond donors (Lipinski definition) is 1. The van der Waals surface area contributed by atoms with Gasteiger partial charge in [0.15, 0.2) is 0 Å². The first-order valence-electron chi connectivity index (χ1n) is 11.2. The average Bonchev–Trinajstić information content (AvgIpc) is 3.02. The number of amides is 1. The molecule has 1 aliphatic rings. The van der Waals surface area contributed by atoms with Crippen LogP contribution in [0, 0.1) is 20.8 Å². The zero-order valence-corrected chi connectivity index (χ0v) is 19.5. The molecule has 3 heterocycles. The smallest absolute Gasteiger partial charge is 0.410 e. The monoisotopic (exact) mass is 419 g/mol. The summed E-state index contributed by atoms with van der Waals surface area (Å²) in [5.74, 6) is 0.459. The molecule has 4 rings (SSSR count). The molecule has 1 amide bonds. The molecule has 0 spiro atoms. The van der Waals surface area contributed by atoms with Gasteiger partial charge < -0.3 is 14.6 Å². The molecule has 0 bridgehead atoms. The van der Waals surface area contributed by atoms with E-state index in [-0.39, 0.29) is 6.09 Å². The van der Waals surface area contributed by atoms with Crippen LogP contribution >= 0.6 is 0 Å². The van der Waals surface area contributed by atoms with Gasteiger partial charge in [-0.2, -0.15) is 0 Å². The summed E-state index contributed by atoms with van der Waals surface area (Å²) in [6, 6.07) is 11.1. The van der Waals surface area contributed by atoms with Gasteiger partial charge in [-0.1, -0.05) is 12.1 Å². The minimum Gasteiger partial charge on any atom is -0.444 e. The first-order chi connectivity index (χ1) is 14.6. The molecule has 0 unspecified atom stereocenters. The standard InChI is InChI=1S/C26H33N3O2/c1-16-13-21(14-17(2)27-16)24-18(3)22-8-7-20(15-23(22)28-24)19-9-11-29(12-10-19)25(30)31-26(4,5)6/h7-8,13-15,19,28H,9-12H2,1-6H3. The molecule has 1 aliphatic heterocycles. The second-order valence-corrected chi connectivity index (χ2v) is 9.81. The molecule has 1 N–H and O–H groups in total. The lowest BCUT2D eigenvalue weighted by molar-refractivity contribution is 0.0205. The number of piperidine rings is 1. The van der Waals surface area contributed by atoms with Crippen LogP contribution in [0.5, 0.6) is 0 Å². The molecule has 1 saturated heterocycles. The molecule has 1 aromatic carbocycles. The second kappa shape index (κ2) is 8.03. The van der Waals surface area contributed by atoms with Crippen LogP contribution < -0.4 is 0 Å². The van der Waals surface area contributed by atoms with E-state index in [1.807, 2.05) is 39.5 Å². The lowest BCUT2D eigenvalue weighted by atomic mass is 9.89. The molecule has 5 heteroatoms. The Morgan fingerprint density at radius 3 is 2.32 bits per heavy atom. The van der Waals surface area contributed by atoms with Crippen molar-refractivity contribution in [2.45, 2.75) is 65.9 Å². The number of H-pyrrole nitrogens is 1. The zero-order chi connectivity index (χ0) is 22.3. The molecule has 0 aliphatic carbocycles. The first kappa shape index (κ1) is 21.4. The summed E-state index contributed by atoms with van der Waals surface area (Å²) in [4.78, 5) is 22.3. The lowest BCUT2D eigenvalue weighted by Crippen LogP contribution is -2.41. The third kappa shape index (κ3) is 4.60. The Kier molecular flexibility index (Phi) is 5.54. The predicted octanol–water partition coefficient (Wildman–Crippen LogP) is 6.27. The van der Waals surface area contributed by atoms with Crippen molar-refractivity contribution in [2.75, 3.05) is 13.1 Å². The van der Waals surface area contributed by atoms with Crippen LogP contribution in [-0.2, 0) is 4.74 Å². The number of likely N-dealkylation sites (tertiary alicyclic amines) is 1. The number of benzene rings is 1. The van der Waals surface area contributed by atoms with Gasteiger partial charge >= 0.3 is 6.09 Å². The van der Waals surface area contributed by atoms with Crippen molar-refractivity contribution < 1.29 is 9.53 Å². The maximum Gasteiger partial charge on any atom is 0.410 e. The third-order valence-corrected chi connectivity index (χ3v) is 6.07. The fourth-order valence-electron chi connectivity index (χ4n) is 4.60. The molecule has 1 fully saturated rings. The van der Waals surface area contributed by atoms with Gasteiger partial charge in [0.2, 0.25) is 0 Å². The molecule has 2 aromatic heterocycles. The normalized spacial score (nSPS) is 15.5. The highest BCUT2D eigenvalue weighted by Gasteiger charge is 2.27. The number of carbonyl (C=O) groups is 1. The molecule has 0 saturated carbocycles. The molecule has 31 heavy (non-hydrogen) atoms. The minimum atomic E-state index is -0.450. The van der Waals surface area contributed by atoms with E-state index in [0.717, 1.165) is 37.3 Å². The van der Waals surface area contributed by atoms with Crippen LogP contribution in [0.15, 0.2) is 30.3 Å². The van der Waals surface area contributed by atoms with E-state index in [1.165, 1.54) is 33.3 Å². The van der Waals surface area contributed by atoms with E-state index < -0.39 is 5.60 Å². The van der Waals surface area contributed by atoms with E-state index in [2.05, 4.69) is 47.2 Å². The summed E-state index contributed by atoms with van der Waals surface area (Å²) < 4.78 is 5.53. The summed E-state index contributed by atoms with van der Waals surface area (Å²) in [7, 11) is 0. The number of carbonyl (C=O) groups excluding carboxylic acids is 1. The van der Waals surface area contributed by atoms with E-state index >= 15 is 0 Å². The number of hydrogen-bond acceptors (Lipinski definition) is 3. The van der Waals surface area contributed by atoms with Crippen molar-refractivity contribution in [2.24, 2.45) is 0 Å². The van der Waals surface area contributed by atoms with Crippen LogP contribution in [-0.4, -0.2) is 39.7 Å². The molecule has 0 atom stereocenters. The number of aryl methyl sites for hydroxylation is 3. The van der Waals surface area contributed by atoms with Gasteiger partial charge in [-0.3, -0.25) is 4.98 Å². The van der Waals surface area contributed by atoms with Crippen LogP contribution in [0.4, 0.5) is 4.79 Å². The molecule has 5 nitrogen and oxygen atoms in total. The zero-order valence-electron chi connectivity index (χ0n) is 19.5. The van der Waals surface area contributed by atoms with Crippen LogP contribution in [0.1, 0.15) is 62.0 Å². The number of ether oxygens (including phenoxy) is 1. The Bertz CT molecular complexity index is 1100. The molecular weight excluding hydrogens is 386 g/mol. The van der Waals surface area contributed by atoms with E-state index in [9.17, 15) is 4.79 Å². The maximum atomic E-state index is 12.3. The number of fused-ring (bicyclic) bond motifs is 1. The predicted molar refractivity (Wildman–Crippen MR) is 126 cm³/mol. The Labute approximate surface area is 184 Å². The highest BCUT2D eigenvalue weighted by molar-refractivity contribution is 5.91. The number of aromatic nitrogens is 2. The van der Waals surface area contributed by atoms with Crippen molar-refractivity contribution in [3.63, 3.8) is 0 Å². The van der Waals surface area contributed by atoms with Crippen LogP contribution in [0.25, 0.3) is 22.2 Å². The van der Waals surface area contributed by atoms with Gasteiger partial charge in [-0.05, 0) is 89.6 Å². The quantitative estimate of drug-likeness (QED) is 0.532. The van der Waals surface area contributed by atoms with Gasteiger partial charge in [0.25, 0.3) is 0 Å². The molecular formula is C26H33N3O2. The van der Waals surface area contributed by atoms with Crippen molar-refractivity contribution in [3.05, 3.63) is 52.8 Å². The van der Waals surface area contributed by atoms with Crippen molar-refractivity contribution >= 4 is 17.0 Å². The van der Waals surface area contributed by atoms with Gasteiger partial charge in [0.05, 0.1) is 0 Å². The van der Waals surface area contributed by atoms with Crippen molar-refractivity contribution in [3.8, 4) is 11.3 Å². The number of nitrogens with one attached hydrogen (secondary N) is 1. The SMILES string of the molecule is Cc1cc(-c2[nH]c3cc(C4CCN(C(=O)OC(C)(C)C)CC4)ccc3c2C)cc(C)n1. The van der Waals surface area contributed by atoms with E-state index in [0.29, 0.717) is 5.92 Å². The van der Waals surface area contributed by atoms with Gasteiger partial charge in [0, 0.05) is 46.6 Å². The number of nitrogens with zero attached hydrogens (tertiary/aromatic N) is 2. The van der Waals surface area contributed by atoms with Crippen LogP contribution in [0.3, 0.4) is 0 Å². The van der Waals surface area contributed by atoms with E-state index in [1.54, 1.807) is 0 Å². The molecule has 164 valence electrons. The third-order valence-electron chi connectivity index (χ3n) is 6.07. The highest BCUT2D eigenvalue weighted by atomic mass is 16.6. The lowest BCUT2D eigenvalue weighted by Gasteiger charge is -2.33. The van der Waals surface area contributed by atoms with Crippen molar-refractivity contribution in [1.82, 2.24) is 14.9 Å². The topological polar surface area (TPSA) is 58.2 Å². The number of aromatic amines is 1. The summed E-state index contributed by atoms with van der Waals surface area (Å²) in [6.45, 7) is 13.5. The maximum absolute atomic E-state index is 12.3. The Morgan fingerprint density at radius 1 is 1.06 bits per heavy atom. The van der Waals surface area contributed by atoms with Gasteiger partial charge in [-0.15, -0.1) is 0 Å². The molecule has 0 radical (unpaired) electrons. The largest absolute Gasteiger partial charge is 0.444 e. The Balaban J connectivity index is 1.53. The highest BCUT2D eigenvalue weighted by Crippen LogP contribution is 2.34. The van der Waals surface area contributed by atoms with Crippen molar-refractivity contribution in [1.29, 1.82) is 0 Å². The molecule has 3 aromatic rings. The Hall–Kier alpha value is -2.82. The Morgan fingerprint density at radius 2 is 1.71 bits per heavy atom. The summed E-state index contributed by atoms with van der Waals surface area (Å²) in [5, 5.41) is 1.26. The fourth-order valence-corrected chi connectivity index (χ4v) is 4.60. The second-order valence-electron chi connectivity index (χ2n) is 9.81. The number of pyridine rings is 1. The summed E-state index contributed by atoms with van der Waals surface area (Å²) in [6.07, 6.45) is 1.72. The minimum absolute atomic E-state index is 0.200. The van der Waals surface area contributed by atoms with Gasteiger partial charge in [0.1, 0.15) is 5.60 Å². The van der Waals surface area contributed by atoms with E-state index in [4.69, 9.17) is 4.74 Å². The van der Waals surface area contributed by atoms with Crippen LogP contribution in [0.2, 0.25) is 0 Å².